The Morgan fingerprint density at radius 1 is 1.26 bits per heavy atom. The van der Waals surface area contributed by atoms with Gasteiger partial charge in [0.25, 0.3) is 0 Å². The number of pyridine rings is 1. The van der Waals surface area contributed by atoms with E-state index in [0.717, 1.165) is 20.1 Å². The second-order valence-electron chi connectivity index (χ2n) is 4.24. The maximum absolute atomic E-state index is 10.6. The number of hydrogen-bond donors (Lipinski definition) is 2. The van der Waals surface area contributed by atoms with Crippen molar-refractivity contribution < 1.29 is 5.11 Å². The predicted molar refractivity (Wildman–Crippen MR) is 82.8 cm³/mol. The highest BCUT2D eigenvalue weighted by Gasteiger charge is 2.23. The monoisotopic (exact) mass is 384 g/mol. The Hall–Kier alpha value is -0.750. The summed E-state index contributed by atoms with van der Waals surface area (Å²) in [4.78, 5) is 4.08. The van der Waals surface area contributed by atoms with Gasteiger partial charge in [-0.1, -0.05) is 44.0 Å². The first-order chi connectivity index (χ1) is 9.13. The fourth-order valence-corrected chi connectivity index (χ4v) is 3.28. The van der Waals surface area contributed by atoms with E-state index in [4.69, 9.17) is 5.73 Å². The number of aliphatic hydroxyl groups excluding tert-OH is 1. The van der Waals surface area contributed by atoms with Crippen LogP contribution in [0.5, 0.6) is 0 Å². The zero-order valence-electron chi connectivity index (χ0n) is 10.1. The molecule has 0 aliphatic rings. The van der Waals surface area contributed by atoms with Gasteiger partial charge in [-0.25, -0.2) is 0 Å². The number of nitrogens with two attached hydrogens (primary N) is 1. The van der Waals surface area contributed by atoms with E-state index in [2.05, 4.69) is 36.8 Å². The van der Waals surface area contributed by atoms with Crippen molar-refractivity contribution in [2.45, 2.75) is 12.0 Å². The third-order valence-corrected chi connectivity index (χ3v) is 4.21. The zero-order valence-corrected chi connectivity index (χ0v) is 13.3. The molecule has 5 heteroatoms. The lowest BCUT2D eigenvalue weighted by molar-refractivity contribution is 0.146. The maximum atomic E-state index is 10.6. The van der Waals surface area contributed by atoms with Gasteiger partial charge in [0, 0.05) is 33.8 Å². The lowest BCUT2D eigenvalue weighted by atomic mass is 9.90. The molecule has 3 nitrogen and oxygen atoms in total. The van der Waals surface area contributed by atoms with Crippen molar-refractivity contribution in [2.75, 3.05) is 6.54 Å². The summed E-state index contributed by atoms with van der Waals surface area (Å²) >= 11 is 6.87. The van der Waals surface area contributed by atoms with E-state index >= 15 is 0 Å². The number of aliphatic hydroxyl groups is 1. The van der Waals surface area contributed by atoms with Gasteiger partial charge < -0.3 is 10.8 Å². The Morgan fingerprint density at radius 3 is 2.63 bits per heavy atom. The van der Waals surface area contributed by atoms with E-state index in [9.17, 15) is 5.11 Å². The van der Waals surface area contributed by atoms with E-state index in [1.165, 1.54) is 0 Å². The Kier molecular flexibility index (Phi) is 5.10. The zero-order chi connectivity index (χ0) is 13.8. The highest BCUT2D eigenvalue weighted by Crippen LogP contribution is 2.35. The number of aromatic nitrogens is 1. The number of nitrogens with zero attached hydrogens (tertiary/aromatic N) is 1. The van der Waals surface area contributed by atoms with E-state index in [-0.39, 0.29) is 5.92 Å². The lowest BCUT2D eigenvalue weighted by Gasteiger charge is -2.23. The third kappa shape index (κ3) is 3.42. The Morgan fingerprint density at radius 2 is 2.05 bits per heavy atom. The van der Waals surface area contributed by atoms with Gasteiger partial charge in [0.05, 0.1) is 6.10 Å². The molecular weight excluding hydrogens is 372 g/mol. The van der Waals surface area contributed by atoms with Gasteiger partial charge in [-0.05, 0) is 29.3 Å². The fraction of sp³-hybridized carbons (Fsp3) is 0.214. The second kappa shape index (κ2) is 6.61. The van der Waals surface area contributed by atoms with Crippen molar-refractivity contribution in [3.8, 4) is 0 Å². The van der Waals surface area contributed by atoms with Gasteiger partial charge in [-0.15, -0.1) is 0 Å². The molecule has 3 N–H and O–H groups in total. The first-order valence-corrected chi connectivity index (χ1v) is 7.45. The fourth-order valence-electron chi connectivity index (χ4n) is 2.00. The van der Waals surface area contributed by atoms with Crippen LogP contribution in [0.1, 0.15) is 23.1 Å². The van der Waals surface area contributed by atoms with E-state index in [1.807, 2.05) is 30.3 Å². The molecule has 0 bridgehead atoms. The van der Waals surface area contributed by atoms with Gasteiger partial charge in [0.1, 0.15) is 0 Å². The minimum atomic E-state index is -0.670. The predicted octanol–water partition coefficient (Wildman–Crippen LogP) is 3.38. The van der Waals surface area contributed by atoms with Crippen LogP contribution in [0.4, 0.5) is 0 Å². The average molecular weight is 386 g/mol. The molecule has 0 saturated heterocycles. The highest BCUT2D eigenvalue weighted by atomic mass is 79.9. The molecule has 2 atom stereocenters. The van der Waals surface area contributed by atoms with Crippen LogP contribution < -0.4 is 5.73 Å². The number of rotatable bonds is 4. The molecule has 0 saturated carbocycles. The van der Waals surface area contributed by atoms with Crippen LogP contribution in [-0.2, 0) is 0 Å². The van der Waals surface area contributed by atoms with Crippen LogP contribution in [-0.4, -0.2) is 16.6 Å². The molecule has 2 aromatic rings. The topological polar surface area (TPSA) is 59.1 Å². The average Bonchev–Trinajstić information content (AvgIpc) is 2.40. The van der Waals surface area contributed by atoms with Crippen LogP contribution in [0, 0.1) is 0 Å². The van der Waals surface area contributed by atoms with Crippen LogP contribution in [0.25, 0.3) is 0 Å². The number of hydrogen-bond acceptors (Lipinski definition) is 3. The van der Waals surface area contributed by atoms with Crippen LogP contribution in [0.3, 0.4) is 0 Å². The van der Waals surface area contributed by atoms with E-state index in [1.54, 1.807) is 12.4 Å². The van der Waals surface area contributed by atoms with Gasteiger partial charge >= 0.3 is 0 Å². The summed E-state index contributed by atoms with van der Waals surface area (Å²) in [5.41, 5.74) is 7.57. The summed E-state index contributed by atoms with van der Waals surface area (Å²) in [6.07, 6.45) is 2.78. The molecule has 0 spiro atoms. The number of benzene rings is 1. The molecule has 1 aromatic carbocycles. The highest BCUT2D eigenvalue weighted by molar-refractivity contribution is 9.11. The Bertz CT molecular complexity index is 548. The van der Waals surface area contributed by atoms with Crippen molar-refractivity contribution in [3.63, 3.8) is 0 Å². The minimum Gasteiger partial charge on any atom is -0.388 e. The van der Waals surface area contributed by atoms with Crippen LogP contribution >= 0.6 is 31.9 Å². The Balaban J connectivity index is 2.33. The molecule has 2 rings (SSSR count). The molecule has 1 heterocycles. The van der Waals surface area contributed by atoms with Crippen LogP contribution in [0.15, 0.2) is 51.7 Å². The molecular formula is C14H14Br2N2O. The number of halogens is 2. The molecule has 2 unspecified atom stereocenters. The van der Waals surface area contributed by atoms with Gasteiger partial charge in [0.15, 0.2) is 0 Å². The summed E-state index contributed by atoms with van der Waals surface area (Å²) in [6.45, 7) is 0.357. The summed E-state index contributed by atoms with van der Waals surface area (Å²) in [5.74, 6) is -0.175. The molecule has 1 aromatic heterocycles. The molecule has 0 fully saturated rings. The summed E-state index contributed by atoms with van der Waals surface area (Å²) in [5, 5.41) is 10.6. The smallest absolute Gasteiger partial charge is 0.0882 e. The van der Waals surface area contributed by atoms with Gasteiger partial charge in [-0.2, -0.15) is 0 Å². The van der Waals surface area contributed by atoms with E-state index in [0.29, 0.717) is 6.54 Å². The summed E-state index contributed by atoms with van der Waals surface area (Å²) < 4.78 is 1.82. The molecule has 19 heavy (non-hydrogen) atoms. The SMILES string of the molecule is NCC(c1cccnc1)C(O)c1ccc(Br)cc1Br. The van der Waals surface area contributed by atoms with Crippen molar-refractivity contribution in [3.05, 3.63) is 62.8 Å². The second-order valence-corrected chi connectivity index (χ2v) is 6.01. The van der Waals surface area contributed by atoms with Crippen molar-refractivity contribution in [2.24, 2.45) is 5.73 Å². The minimum absolute atomic E-state index is 0.175. The standard InChI is InChI=1S/C14H14Br2N2O/c15-10-3-4-11(13(16)6-10)14(19)12(7-17)9-2-1-5-18-8-9/h1-6,8,12,14,19H,7,17H2. The molecule has 0 aliphatic heterocycles. The summed E-state index contributed by atoms with van der Waals surface area (Å²) in [7, 11) is 0. The first-order valence-electron chi connectivity index (χ1n) is 5.86. The van der Waals surface area contributed by atoms with Crippen molar-refractivity contribution in [1.29, 1.82) is 0 Å². The van der Waals surface area contributed by atoms with E-state index < -0.39 is 6.10 Å². The largest absolute Gasteiger partial charge is 0.388 e. The van der Waals surface area contributed by atoms with Crippen molar-refractivity contribution in [1.82, 2.24) is 4.98 Å². The normalized spacial score (nSPS) is 14.1. The molecule has 0 aliphatic carbocycles. The molecule has 0 radical (unpaired) electrons. The molecule has 100 valence electrons. The first kappa shape index (κ1) is 14.7. The van der Waals surface area contributed by atoms with Gasteiger partial charge in [0.2, 0.25) is 0 Å². The third-order valence-electron chi connectivity index (χ3n) is 3.03. The van der Waals surface area contributed by atoms with Gasteiger partial charge in [-0.3, -0.25) is 4.98 Å². The lowest BCUT2D eigenvalue weighted by Crippen LogP contribution is -2.20. The Labute approximate surface area is 129 Å². The van der Waals surface area contributed by atoms with Crippen molar-refractivity contribution >= 4 is 31.9 Å². The maximum Gasteiger partial charge on any atom is 0.0882 e. The van der Waals surface area contributed by atoms with Crippen LogP contribution in [0.2, 0.25) is 0 Å². The molecule has 0 amide bonds. The summed E-state index contributed by atoms with van der Waals surface area (Å²) in [6, 6.07) is 9.48. The quantitative estimate of drug-likeness (QED) is 0.847.